The molecular formula is C48H30N2S. The molecule has 0 radical (unpaired) electrons. The van der Waals surface area contributed by atoms with Gasteiger partial charge < -0.3 is 9.13 Å². The molecular weight excluding hydrogens is 637 g/mol. The summed E-state index contributed by atoms with van der Waals surface area (Å²) in [6.45, 7) is 0. The average molecular weight is 667 g/mol. The lowest BCUT2D eigenvalue weighted by Crippen LogP contribution is -1.95. The Morgan fingerprint density at radius 3 is 1.45 bits per heavy atom. The summed E-state index contributed by atoms with van der Waals surface area (Å²) >= 11 is 1.87. The number of aromatic nitrogens is 2. The molecule has 0 unspecified atom stereocenters. The van der Waals surface area contributed by atoms with Gasteiger partial charge in [-0.25, -0.2) is 0 Å². The Bertz CT molecular complexity index is 3100. The largest absolute Gasteiger partial charge is 0.309 e. The summed E-state index contributed by atoms with van der Waals surface area (Å²) in [6.07, 6.45) is 0. The number of para-hydroxylation sites is 2. The highest BCUT2D eigenvalue weighted by Gasteiger charge is 2.22. The molecule has 0 aliphatic carbocycles. The third-order valence-corrected chi connectivity index (χ3v) is 11.7. The van der Waals surface area contributed by atoms with Crippen LogP contribution in [0.3, 0.4) is 0 Å². The molecule has 3 aromatic heterocycles. The van der Waals surface area contributed by atoms with E-state index in [4.69, 9.17) is 0 Å². The molecule has 11 rings (SSSR count). The molecule has 0 aliphatic heterocycles. The van der Waals surface area contributed by atoms with Crippen LogP contribution in [0.2, 0.25) is 0 Å². The van der Waals surface area contributed by atoms with Crippen LogP contribution in [0.4, 0.5) is 0 Å². The number of hydrogen-bond donors (Lipinski definition) is 0. The van der Waals surface area contributed by atoms with Crippen LogP contribution < -0.4 is 0 Å². The summed E-state index contributed by atoms with van der Waals surface area (Å²) in [7, 11) is 0. The fourth-order valence-corrected chi connectivity index (χ4v) is 9.41. The number of fused-ring (bicyclic) bond motifs is 10. The van der Waals surface area contributed by atoms with Gasteiger partial charge in [0, 0.05) is 47.4 Å². The molecule has 0 amide bonds. The van der Waals surface area contributed by atoms with Gasteiger partial charge in [-0.15, -0.1) is 11.3 Å². The molecule has 0 saturated carbocycles. The Morgan fingerprint density at radius 1 is 0.294 bits per heavy atom. The third kappa shape index (κ3) is 4.22. The van der Waals surface area contributed by atoms with E-state index >= 15 is 0 Å². The topological polar surface area (TPSA) is 9.86 Å². The Hall–Kier alpha value is -6.42. The molecule has 0 bridgehead atoms. The first-order chi connectivity index (χ1) is 25.3. The fraction of sp³-hybridized carbons (Fsp3) is 0. The molecule has 3 heteroatoms. The predicted molar refractivity (Wildman–Crippen MR) is 219 cm³/mol. The highest BCUT2D eigenvalue weighted by atomic mass is 32.1. The van der Waals surface area contributed by atoms with Gasteiger partial charge in [0.1, 0.15) is 0 Å². The Balaban J connectivity index is 1.12. The van der Waals surface area contributed by atoms with Gasteiger partial charge in [-0.3, -0.25) is 0 Å². The number of benzene rings is 8. The zero-order chi connectivity index (χ0) is 33.5. The SMILES string of the molecule is c1ccc(-c2ccc(-c3ccc(-n4c5ccccc5c5c6c7ccccc7n(-c7cccc8sc9ccccc9c78)c6ccc54)cc3)cc2)cc1. The van der Waals surface area contributed by atoms with E-state index in [1.165, 1.54) is 91.7 Å². The Kier molecular flexibility index (Phi) is 6.16. The van der Waals surface area contributed by atoms with Crippen molar-refractivity contribution >= 4 is 75.1 Å². The van der Waals surface area contributed by atoms with Crippen molar-refractivity contribution < 1.29 is 0 Å². The van der Waals surface area contributed by atoms with E-state index in [-0.39, 0.29) is 0 Å². The van der Waals surface area contributed by atoms with Gasteiger partial charge in [-0.1, -0.05) is 127 Å². The molecule has 0 atom stereocenters. The van der Waals surface area contributed by atoms with Crippen molar-refractivity contribution in [1.29, 1.82) is 0 Å². The minimum absolute atomic E-state index is 1.16. The number of rotatable bonds is 4. The van der Waals surface area contributed by atoms with Gasteiger partial charge in [0.15, 0.2) is 0 Å². The van der Waals surface area contributed by atoms with Crippen LogP contribution in [0.1, 0.15) is 0 Å². The van der Waals surface area contributed by atoms with E-state index in [9.17, 15) is 0 Å². The second-order valence-electron chi connectivity index (χ2n) is 13.3. The van der Waals surface area contributed by atoms with Crippen molar-refractivity contribution in [3.8, 4) is 33.6 Å². The van der Waals surface area contributed by atoms with Gasteiger partial charge in [-0.05, 0) is 76.9 Å². The monoisotopic (exact) mass is 666 g/mol. The summed E-state index contributed by atoms with van der Waals surface area (Å²) in [4.78, 5) is 0. The van der Waals surface area contributed by atoms with Gasteiger partial charge in [0.05, 0.1) is 27.8 Å². The maximum absolute atomic E-state index is 2.50. The molecule has 0 saturated heterocycles. The fourth-order valence-electron chi connectivity index (χ4n) is 8.29. The quantitative estimate of drug-likeness (QED) is 0.177. The van der Waals surface area contributed by atoms with Crippen LogP contribution in [-0.2, 0) is 0 Å². The summed E-state index contributed by atoms with van der Waals surface area (Å²) < 4.78 is 7.57. The van der Waals surface area contributed by atoms with Crippen molar-refractivity contribution in [2.75, 3.05) is 0 Å². The third-order valence-electron chi connectivity index (χ3n) is 10.5. The van der Waals surface area contributed by atoms with Crippen molar-refractivity contribution in [2.45, 2.75) is 0 Å². The van der Waals surface area contributed by atoms with Crippen molar-refractivity contribution in [3.63, 3.8) is 0 Å². The molecule has 0 aliphatic rings. The van der Waals surface area contributed by atoms with Gasteiger partial charge >= 0.3 is 0 Å². The molecule has 3 heterocycles. The Morgan fingerprint density at radius 2 is 0.784 bits per heavy atom. The van der Waals surface area contributed by atoms with Crippen LogP contribution in [-0.4, -0.2) is 9.13 Å². The second kappa shape index (κ2) is 11.0. The summed E-state index contributed by atoms with van der Waals surface area (Å²) in [5.74, 6) is 0. The highest BCUT2D eigenvalue weighted by molar-refractivity contribution is 7.25. The minimum atomic E-state index is 1.16. The lowest BCUT2D eigenvalue weighted by molar-refractivity contribution is 1.18. The van der Waals surface area contributed by atoms with Crippen molar-refractivity contribution in [2.24, 2.45) is 0 Å². The van der Waals surface area contributed by atoms with Crippen LogP contribution in [0.5, 0.6) is 0 Å². The predicted octanol–water partition coefficient (Wildman–Crippen LogP) is 13.6. The second-order valence-corrected chi connectivity index (χ2v) is 14.4. The zero-order valence-corrected chi connectivity index (χ0v) is 28.4. The van der Waals surface area contributed by atoms with Crippen LogP contribution in [0.25, 0.3) is 97.4 Å². The average Bonchev–Trinajstić information content (AvgIpc) is 3.86. The van der Waals surface area contributed by atoms with E-state index in [0.717, 1.165) is 5.69 Å². The molecule has 11 aromatic rings. The standard InChI is InChI=1S/C48H30N2S/c1-2-11-31(12-3-1)32-21-23-33(24-22-32)34-25-27-35(28-26-34)49-39-16-7-4-13-36(39)47-42(49)29-30-43-48(47)37-14-5-8-17-40(37)50(43)41-18-10-20-45-46(41)38-15-6-9-19-44(38)51-45/h1-30H. The van der Waals surface area contributed by atoms with Crippen LogP contribution in [0.15, 0.2) is 182 Å². The van der Waals surface area contributed by atoms with Crippen LogP contribution >= 0.6 is 11.3 Å². The highest BCUT2D eigenvalue weighted by Crippen LogP contribution is 2.45. The molecule has 8 aromatic carbocycles. The summed E-state index contributed by atoms with van der Waals surface area (Å²) in [5, 5.41) is 7.75. The molecule has 51 heavy (non-hydrogen) atoms. The molecule has 0 N–H and O–H groups in total. The number of hydrogen-bond acceptors (Lipinski definition) is 1. The van der Waals surface area contributed by atoms with Gasteiger partial charge in [0.25, 0.3) is 0 Å². The van der Waals surface area contributed by atoms with E-state index in [0.29, 0.717) is 0 Å². The van der Waals surface area contributed by atoms with Crippen molar-refractivity contribution in [1.82, 2.24) is 9.13 Å². The number of nitrogens with zero attached hydrogens (tertiary/aromatic N) is 2. The van der Waals surface area contributed by atoms with Gasteiger partial charge in [-0.2, -0.15) is 0 Å². The smallest absolute Gasteiger partial charge is 0.0555 e. The summed E-state index contributed by atoms with van der Waals surface area (Å²) in [6, 6.07) is 66.5. The first-order valence-electron chi connectivity index (χ1n) is 17.4. The summed E-state index contributed by atoms with van der Waals surface area (Å²) in [5.41, 5.74) is 12.1. The molecule has 2 nitrogen and oxygen atoms in total. The van der Waals surface area contributed by atoms with Gasteiger partial charge in [0.2, 0.25) is 0 Å². The van der Waals surface area contributed by atoms with E-state index in [1.54, 1.807) is 0 Å². The molecule has 238 valence electrons. The first kappa shape index (κ1) is 28.4. The van der Waals surface area contributed by atoms with Crippen LogP contribution in [0, 0.1) is 0 Å². The molecule has 0 spiro atoms. The Labute approximate surface area is 298 Å². The normalized spacial score (nSPS) is 11.9. The molecule has 0 fully saturated rings. The van der Waals surface area contributed by atoms with E-state index < -0.39 is 0 Å². The number of thiophene rings is 1. The maximum atomic E-state index is 2.50. The van der Waals surface area contributed by atoms with E-state index in [2.05, 4.69) is 191 Å². The minimum Gasteiger partial charge on any atom is -0.309 e. The van der Waals surface area contributed by atoms with E-state index in [1.807, 2.05) is 11.3 Å². The lowest BCUT2D eigenvalue weighted by Gasteiger charge is -2.11. The first-order valence-corrected chi connectivity index (χ1v) is 18.3. The van der Waals surface area contributed by atoms with Crippen molar-refractivity contribution in [3.05, 3.63) is 182 Å². The zero-order valence-electron chi connectivity index (χ0n) is 27.6. The maximum Gasteiger partial charge on any atom is 0.0555 e. The lowest BCUT2D eigenvalue weighted by atomic mass is 10.0.